The van der Waals surface area contributed by atoms with E-state index < -0.39 is 15.6 Å². The average Bonchev–Trinajstić information content (AvgIpc) is 3.06. The van der Waals surface area contributed by atoms with Gasteiger partial charge in [-0.1, -0.05) is 6.07 Å². The molecule has 2 aromatic rings. The van der Waals surface area contributed by atoms with Gasteiger partial charge in [0.1, 0.15) is 0 Å². The lowest BCUT2D eigenvalue weighted by molar-refractivity contribution is -0.111. The van der Waals surface area contributed by atoms with Gasteiger partial charge in [0.25, 0.3) is 0 Å². The molecule has 0 fully saturated rings. The number of carbonyl (C=O) groups is 1. The SMILES string of the molecule is CC(C)(C)NS(=O)(=O)c1ccc(NC(=O)C=Cc2ccc3c(c2)OCO3)cc1. The topological polar surface area (TPSA) is 93.7 Å². The van der Waals surface area contributed by atoms with Gasteiger partial charge < -0.3 is 14.8 Å². The maximum Gasteiger partial charge on any atom is 0.248 e. The van der Waals surface area contributed by atoms with Crippen LogP contribution in [-0.2, 0) is 14.8 Å². The van der Waals surface area contributed by atoms with Crippen LogP contribution in [0.1, 0.15) is 26.3 Å². The third-order valence-corrected chi connectivity index (χ3v) is 5.47. The lowest BCUT2D eigenvalue weighted by Gasteiger charge is -2.20. The Bertz CT molecular complexity index is 1010. The minimum absolute atomic E-state index is 0.135. The van der Waals surface area contributed by atoms with Gasteiger partial charge in [-0.15, -0.1) is 0 Å². The van der Waals surface area contributed by atoms with E-state index in [-0.39, 0.29) is 17.6 Å². The highest BCUT2D eigenvalue weighted by Crippen LogP contribution is 2.32. The Balaban J connectivity index is 1.63. The monoisotopic (exact) mass is 402 g/mol. The molecule has 0 saturated carbocycles. The van der Waals surface area contributed by atoms with E-state index in [1.165, 1.54) is 18.2 Å². The van der Waals surface area contributed by atoms with E-state index in [4.69, 9.17) is 9.47 Å². The predicted octanol–water partition coefficient (Wildman–Crippen LogP) is 3.14. The fourth-order valence-electron chi connectivity index (χ4n) is 2.55. The number of benzene rings is 2. The molecule has 3 rings (SSSR count). The van der Waals surface area contributed by atoms with Crippen LogP contribution in [-0.4, -0.2) is 26.7 Å². The van der Waals surface area contributed by atoms with Crippen LogP contribution >= 0.6 is 0 Å². The molecule has 2 aromatic carbocycles. The number of amides is 1. The molecule has 1 amide bonds. The van der Waals surface area contributed by atoms with Crippen LogP contribution < -0.4 is 19.5 Å². The van der Waals surface area contributed by atoms with Crippen LogP contribution in [0.3, 0.4) is 0 Å². The molecular weight excluding hydrogens is 380 g/mol. The Hall–Kier alpha value is -2.84. The van der Waals surface area contributed by atoms with Gasteiger partial charge in [0.15, 0.2) is 11.5 Å². The zero-order valence-electron chi connectivity index (χ0n) is 15.9. The second-order valence-electron chi connectivity index (χ2n) is 7.32. The summed E-state index contributed by atoms with van der Waals surface area (Å²) in [5, 5.41) is 2.69. The number of hydrogen-bond donors (Lipinski definition) is 2. The number of carbonyl (C=O) groups excluding carboxylic acids is 1. The first kappa shape index (κ1) is 19.9. The van der Waals surface area contributed by atoms with Gasteiger partial charge in [-0.05, 0) is 68.8 Å². The van der Waals surface area contributed by atoms with Crippen molar-refractivity contribution in [3.8, 4) is 11.5 Å². The van der Waals surface area contributed by atoms with Crippen molar-refractivity contribution < 1.29 is 22.7 Å². The second kappa shape index (κ2) is 7.65. The summed E-state index contributed by atoms with van der Waals surface area (Å²) in [5.74, 6) is 0.988. The highest BCUT2D eigenvalue weighted by molar-refractivity contribution is 7.89. The van der Waals surface area contributed by atoms with Crippen molar-refractivity contribution in [2.45, 2.75) is 31.2 Å². The number of sulfonamides is 1. The number of ether oxygens (including phenoxy) is 2. The molecule has 0 bridgehead atoms. The van der Waals surface area contributed by atoms with Gasteiger partial charge in [-0.3, -0.25) is 4.79 Å². The minimum atomic E-state index is -3.61. The molecule has 0 saturated heterocycles. The smallest absolute Gasteiger partial charge is 0.248 e. The Morgan fingerprint density at radius 1 is 1.04 bits per heavy atom. The van der Waals surface area contributed by atoms with E-state index in [2.05, 4.69) is 10.0 Å². The van der Waals surface area contributed by atoms with Crippen molar-refractivity contribution in [3.05, 3.63) is 54.1 Å². The minimum Gasteiger partial charge on any atom is -0.454 e. The molecule has 0 radical (unpaired) electrons. The summed E-state index contributed by atoms with van der Waals surface area (Å²) >= 11 is 0. The van der Waals surface area contributed by atoms with Crippen molar-refractivity contribution in [2.75, 3.05) is 12.1 Å². The molecular formula is C20H22N2O5S. The molecule has 0 spiro atoms. The molecule has 1 heterocycles. The van der Waals surface area contributed by atoms with E-state index in [1.54, 1.807) is 51.1 Å². The first-order chi connectivity index (χ1) is 13.1. The van der Waals surface area contributed by atoms with Gasteiger partial charge >= 0.3 is 0 Å². The van der Waals surface area contributed by atoms with E-state index >= 15 is 0 Å². The molecule has 1 aliphatic rings. The fraction of sp³-hybridized carbons (Fsp3) is 0.250. The lowest BCUT2D eigenvalue weighted by Crippen LogP contribution is -2.40. The second-order valence-corrected chi connectivity index (χ2v) is 9.00. The lowest BCUT2D eigenvalue weighted by atomic mass is 10.1. The van der Waals surface area contributed by atoms with Crippen LogP contribution in [0.2, 0.25) is 0 Å². The molecule has 0 aliphatic carbocycles. The van der Waals surface area contributed by atoms with E-state index in [0.29, 0.717) is 17.2 Å². The standard InChI is InChI=1S/C20H22N2O5S/c1-20(2,3)22-28(24,25)16-8-6-15(7-9-16)21-19(23)11-5-14-4-10-17-18(12-14)27-13-26-17/h4-12,22H,13H2,1-3H3,(H,21,23). The predicted molar refractivity (Wildman–Crippen MR) is 107 cm³/mol. The van der Waals surface area contributed by atoms with E-state index in [1.807, 2.05) is 6.07 Å². The van der Waals surface area contributed by atoms with Crippen LogP contribution in [0.4, 0.5) is 5.69 Å². The van der Waals surface area contributed by atoms with E-state index in [0.717, 1.165) is 5.56 Å². The molecule has 8 heteroatoms. The normalized spacial score (nSPS) is 13.7. The molecule has 7 nitrogen and oxygen atoms in total. The van der Waals surface area contributed by atoms with E-state index in [9.17, 15) is 13.2 Å². The molecule has 148 valence electrons. The van der Waals surface area contributed by atoms with Gasteiger partial charge in [0, 0.05) is 17.3 Å². The van der Waals surface area contributed by atoms with Crippen LogP contribution in [0.25, 0.3) is 6.08 Å². The van der Waals surface area contributed by atoms with Gasteiger partial charge in [0.05, 0.1) is 4.90 Å². The Morgan fingerprint density at radius 2 is 1.71 bits per heavy atom. The molecule has 1 aliphatic heterocycles. The molecule has 0 aromatic heterocycles. The number of rotatable bonds is 5. The highest BCUT2D eigenvalue weighted by atomic mass is 32.2. The summed E-state index contributed by atoms with van der Waals surface area (Å²) in [5.41, 5.74) is 0.717. The van der Waals surface area contributed by atoms with Crippen molar-refractivity contribution in [1.82, 2.24) is 4.72 Å². The summed E-state index contributed by atoms with van der Waals surface area (Å²) in [6, 6.07) is 11.4. The maximum absolute atomic E-state index is 12.3. The van der Waals surface area contributed by atoms with Crippen molar-refractivity contribution >= 4 is 27.7 Å². The maximum atomic E-state index is 12.3. The first-order valence-corrected chi connectivity index (χ1v) is 10.1. The van der Waals surface area contributed by atoms with Crippen LogP contribution in [0.5, 0.6) is 11.5 Å². The van der Waals surface area contributed by atoms with Crippen LogP contribution in [0, 0.1) is 0 Å². The summed E-state index contributed by atoms with van der Waals surface area (Å²) < 4.78 is 37.7. The van der Waals surface area contributed by atoms with Gasteiger partial charge in [-0.2, -0.15) is 0 Å². The summed E-state index contributed by atoms with van der Waals surface area (Å²) in [4.78, 5) is 12.2. The molecule has 0 unspecified atom stereocenters. The average molecular weight is 402 g/mol. The van der Waals surface area contributed by atoms with Crippen molar-refractivity contribution in [2.24, 2.45) is 0 Å². The zero-order valence-corrected chi connectivity index (χ0v) is 16.7. The summed E-state index contributed by atoms with van der Waals surface area (Å²) in [6.07, 6.45) is 3.05. The van der Waals surface area contributed by atoms with Crippen LogP contribution in [0.15, 0.2) is 53.4 Å². The Morgan fingerprint density at radius 3 is 2.39 bits per heavy atom. The summed E-state index contributed by atoms with van der Waals surface area (Å²) in [6.45, 7) is 5.50. The van der Waals surface area contributed by atoms with Gasteiger partial charge in [-0.25, -0.2) is 13.1 Å². The Kier molecular flexibility index (Phi) is 5.44. The first-order valence-electron chi connectivity index (χ1n) is 8.65. The molecule has 2 N–H and O–H groups in total. The third-order valence-electron chi connectivity index (χ3n) is 3.70. The summed E-state index contributed by atoms with van der Waals surface area (Å²) in [7, 11) is -3.61. The van der Waals surface area contributed by atoms with Crippen molar-refractivity contribution in [1.29, 1.82) is 0 Å². The number of nitrogens with one attached hydrogen (secondary N) is 2. The highest BCUT2D eigenvalue weighted by Gasteiger charge is 2.21. The fourth-order valence-corrected chi connectivity index (χ4v) is 3.97. The van der Waals surface area contributed by atoms with Gasteiger partial charge in [0.2, 0.25) is 22.7 Å². The molecule has 0 atom stereocenters. The number of fused-ring (bicyclic) bond motifs is 1. The largest absolute Gasteiger partial charge is 0.454 e. The molecule has 28 heavy (non-hydrogen) atoms. The number of hydrogen-bond acceptors (Lipinski definition) is 5. The zero-order chi connectivity index (χ0) is 20.4. The quantitative estimate of drug-likeness (QED) is 0.750. The Labute approximate surface area is 164 Å². The van der Waals surface area contributed by atoms with Crippen molar-refractivity contribution in [3.63, 3.8) is 0 Å². The third kappa shape index (κ3) is 5.11. The number of anilines is 1.